The largest absolute Gasteiger partial charge is 0.434 e. The molecule has 1 aromatic carbocycles. The van der Waals surface area contributed by atoms with Crippen LogP contribution in [0.4, 0.5) is 11.5 Å². The highest BCUT2D eigenvalue weighted by Crippen LogP contribution is 2.31. The van der Waals surface area contributed by atoms with Gasteiger partial charge in [0.05, 0.1) is 4.92 Å². The van der Waals surface area contributed by atoms with Crippen molar-refractivity contribution < 1.29 is 9.66 Å². The van der Waals surface area contributed by atoms with Crippen molar-refractivity contribution in [2.24, 2.45) is 0 Å². The van der Waals surface area contributed by atoms with E-state index in [-0.39, 0.29) is 17.4 Å². The van der Waals surface area contributed by atoms with Crippen molar-refractivity contribution in [3.63, 3.8) is 0 Å². The van der Waals surface area contributed by atoms with Crippen LogP contribution < -0.4 is 10.5 Å². The van der Waals surface area contributed by atoms with E-state index < -0.39 is 4.92 Å². The van der Waals surface area contributed by atoms with Gasteiger partial charge in [-0.2, -0.15) is 4.98 Å². The quantitative estimate of drug-likeness (QED) is 0.682. The van der Waals surface area contributed by atoms with Gasteiger partial charge in [-0.05, 0) is 42.2 Å². The number of pyridine rings is 1. The molecule has 0 atom stereocenters. The van der Waals surface area contributed by atoms with Crippen molar-refractivity contribution in [2.45, 2.75) is 26.7 Å². The standard InChI is InChI=1S/C15H17N3O3/c1-9(2)12-5-4-11(8-10(12)3)21-15-13(18(19)20)6-7-14(16)17-15/h4-9H,1-3H3,(H2,16,17). The molecule has 0 unspecified atom stereocenters. The van der Waals surface area contributed by atoms with Gasteiger partial charge in [-0.15, -0.1) is 0 Å². The van der Waals surface area contributed by atoms with Crippen LogP contribution in [-0.4, -0.2) is 9.91 Å². The van der Waals surface area contributed by atoms with Gasteiger partial charge in [-0.3, -0.25) is 10.1 Å². The van der Waals surface area contributed by atoms with Crippen molar-refractivity contribution in [1.29, 1.82) is 0 Å². The van der Waals surface area contributed by atoms with E-state index in [0.717, 1.165) is 5.56 Å². The van der Waals surface area contributed by atoms with E-state index in [0.29, 0.717) is 11.7 Å². The molecule has 21 heavy (non-hydrogen) atoms. The molecule has 1 aromatic heterocycles. The number of nitrogens with two attached hydrogens (primary N) is 1. The second kappa shape index (κ2) is 5.78. The fourth-order valence-corrected chi connectivity index (χ4v) is 2.13. The Morgan fingerprint density at radius 2 is 2.00 bits per heavy atom. The average molecular weight is 287 g/mol. The highest BCUT2D eigenvalue weighted by Gasteiger charge is 2.18. The van der Waals surface area contributed by atoms with E-state index in [2.05, 4.69) is 18.8 Å². The Bertz CT molecular complexity index is 684. The third kappa shape index (κ3) is 3.28. The molecular weight excluding hydrogens is 270 g/mol. The number of aromatic nitrogens is 1. The van der Waals surface area contributed by atoms with E-state index in [4.69, 9.17) is 10.5 Å². The third-order valence-corrected chi connectivity index (χ3v) is 3.14. The Balaban J connectivity index is 2.36. The monoisotopic (exact) mass is 287 g/mol. The molecule has 0 aliphatic heterocycles. The Morgan fingerprint density at radius 3 is 2.57 bits per heavy atom. The first-order chi connectivity index (χ1) is 9.88. The SMILES string of the molecule is Cc1cc(Oc2nc(N)ccc2[N+](=O)[O-])ccc1C(C)C. The van der Waals surface area contributed by atoms with Gasteiger partial charge in [-0.1, -0.05) is 19.9 Å². The van der Waals surface area contributed by atoms with Gasteiger partial charge in [0.15, 0.2) is 0 Å². The second-order valence-electron chi connectivity index (χ2n) is 5.09. The number of nitrogen functional groups attached to an aromatic ring is 1. The number of aryl methyl sites for hydroxylation is 1. The summed E-state index contributed by atoms with van der Waals surface area (Å²) in [7, 11) is 0. The van der Waals surface area contributed by atoms with Crippen LogP contribution in [0, 0.1) is 17.0 Å². The van der Waals surface area contributed by atoms with Crippen molar-refractivity contribution >= 4 is 11.5 Å². The third-order valence-electron chi connectivity index (χ3n) is 3.14. The summed E-state index contributed by atoms with van der Waals surface area (Å²) in [6, 6.07) is 8.22. The summed E-state index contributed by atoms with van der Waals surface area (Å²) in [6.07, 6.45) is 0. The number of nitrogens with zero attached hydrogens (tertiary/aromatic N) is 2. The van der Waals surface area contributed by atoms with Crippen LogP contribution in [0.5, 0.6) is 11.6 Å². The Kier molecular flexibility index (Phi) is 4.07. The summed E-state index contributed by atoms with van der Waals surface area (Å²) in [5.74, 6) is 0.972. The smallest absolute Gasteiger partial charge is 0.331 e. The van der Waals surface area contributed by atoms with Crippen molar-refractivity contribution in [2.75, 3.05) is 5.73 Å². The van der Waals surface area contributed by atoms with Gasteiger partial charge in [0.1, 0.15) is 11.6 Å². The summed E-state index contributed by atoms with van der Waals surface area (Å²) in [5.41, 5.74) is 7.62. The molecule has 0 saturated heterocycles. The minimum absolute atomic E-state index is 0.100. The molecule has 0 fully saturated rings. The number of anilines is 1. The van der Waals surface area contributed by atoms with Crippen molar-refractivity contribution in [1.82, 2.24) is 4.98 Å². The first kappa shape index (κ1) is 14.8. The molecule has 2 aromatic rings. The first-order valence-electron chi connectivity index (χ1n) is 6.57. The fourth-order valence-electron chi connectivity index (χ4n) is 2.13. The molecule has 110 valence electrons. The van der Waals surface area contributed by atoms with Gasteiger partial charge in [0, 0.05) is 6.07 Å². The van der Waals surface area contributed by atoms with Crippen molar-refractivity contribution in [3.05, 3.63) is 51.6 Å². The molecule has 6 nitrogen and oxygen atoms in total. The average Bonchev–Trinajstić information content (AvgIpc) is 2.37. The van der Waals surface area contributed by atoms with Crippen molar-refractivity contribution in [3.8, 4) is 11.6 Å². The lowest BCUT2D eigenvalue weighted by Crippen LogP contribution is -1.99. The number of hydrogen-bond acceptors (Lipinski definition) is 5. The van der Waals surface area contributed by atoms with Gasteiger partial charge < -0.3 is 10.5 Å². The minimum atomic E-state index is -0.545. The predicted octanol–water partition coefficient (Wildman–Crippen LogP) is 3.80. The molecule has 0 aliphatic carbocycles. The maximum absolute atomic E-state index is 11.0. The Morgan fingerprint density at radius 1 is 1.29 bits per heavy atom. The van der Waals surface area contributed by atoms with Crippen LogP contribution >= 0.6 is 0 Å². The highest BCUT2D eigenvalue weighted by molar-refractivity contribution is 5.49. The molecule has 0 saturated carbocycles. The van der Waals surface area contributed by atoms with E-state index in [1.807, 2.05) is 19.1 Å². The highest BCUT2D eigenvalue weighted by atomic mass is 16.6. The van der Waals surface area contributed by atoms with Crippen LogP contribution in [0.2, 0.25) is 0 Å². The normalized spacial score (nSPS) is 10.7. The molecule has 0 spiro atoms. The fraction of sp³-hybridized carbons (Fsp3) is 0.267. The molecule has 0 amide bonds. The topological polar surface area (TPSA) is 91.3 Å². The lowest BCUT2D eigenvalue weighted by Gasteiger charge is -2.12. The number of benzene rings is 1. The van der Waals surface area contributed by atoms with E-state index in [9.17, 15) is 10.1 Å². The first-order valence-corrected chi connectivity index (χ1v) is 6.57. The van der Waals surface area contributed by atoms with Gasteiger partial charge in [0.2, 0.25) is 0 Å². The van der Waals surface area contributed by atoms with Gasteiger partial charge in [0.25, 0.3) is 0 Å². The molecule has 0 aliphatic rings. The molecular formula is C15H17N3O3. The number of ether oxygens (including phenoxy) is 1. The zero-order valence-corrected chi connectivity index (χ0v) is 12.2. The maximum Gasteiger partial charge on any atom is 0.331 e. The van der Waals surface area contributed by atoms with E-state index in [1.54, 1.807) is 6.07 Å². The summed E-state index contributed by atoms with van der Waals surface area (Å²) in [4.78, 5) is 14.3. The summed E-state index contributed by atoms with van der Waals surface area (Å²) in [5, 5.41) is 11.0. The van der Waals surface area contributed by atoms with Gasteiger partial charge in [-0.25, -0.2) is 0 Å². The predicted molar refractivity (Wildman–Crippen MR) is 80.6 cm³/mol. The number of nitro groups is 1. The zero-order chi connectivity index (χ0) is 15.6. The second-order valence-corrected chi connectivity index (χ2v) is 5.09. The molecule has 2 N–H and O–H groups in total. The zero-order valence-electron chi connectivity index (χ0n) is 12.2. The number of rotatable bonds is 4. The lowest BCUT2D eigenvalue weighted by atomic mass is 9.98. The Hall–Kier alpha value is -2.63. The van der Waals surface area contributed by atoms with Crippen LogP contribution in [0.25, 0.3) is 0 Å². The van der Waals surface area contributed by atoms with E-state index >= 15 is 0 Å². The Labute approximate surface area is 122 Å². The van der Waals surface area contributed by atoms with Gasteiger partial charge >= 0.3 is 11.6 Å². The van der Waals surface area contributed by atoms with Crippen LogP contribution in [0.3, 0.4) is 0 Å². The van der Waals surface area contributed by atoms with E-state index in [1.165, 1.54) is 17.7 Å². The van der Waals surface area contributed by atoms with Crippen LogP contribution in [0.1, 0.15) is 30.9 Å². The van der Waals surface area contributed by atoms with Crippen LogP contribution in [0.15, 0.2) is 30.3 Å². The minimum Gasteiger partial charge on any atom is -0.434 e. The number of hydrogen-bond donors (Lipinski definition) is 1. The lowest BCUT2D eigenvalue weighted by molar-refractivity contribution is -0.386. The maximum atomic E-state index is 11.0. The molecule has 1 heterocycles. The summed E-state index contributed by atoms with van der Waals surface area (Å²) < 4.78 is 5.53. The summed E-state index contributed by atoms with van der Waals surface area (Å²) in [6.45, 7) is 6.18. The molecule has 0 radical (unpaired) electrons. The summed E-state index contributed by atoms with van der Waals surface area (Å²) >= 11 is 0. The van der Waals surface area contributed by atoms with Crippen LogP contribution in [-0.2, 0) is 0 Å². The molecule has 0 bridgehead atoms. The molecule has 6 heteroatoms. The molecule has 2 rings (SSSR count).